The molecule has 1 N–H and O–H groups in total. The number of amides is 1. The third kappa shape index (κ3) is 4.23. The molecular weight excluding hydrogens is 276 g/mol. The molecule has 122 valence electrons. The molecule has 22 heavy (non-hydrogen) atoms. The quantitative estimate of drug-likeness (QED) is 0.909. The number of benzene rings is 1. The van der Waals surface area contributed by atoms with E-state index in [4.69, 9.17) is 4.74 Å². The second-order valence-electron chi connectivity index (χ2n) is 7.00. The summed E-state index contributed by atoms with van der Waals surface area (Å²) in [5.74, 6) is 0.962. The Morgan fingerprint density at radius 2 is 2.00 bits per heavy atom. The highest BCUT2D eigenvalue weighted by Crippen LogP contribution is 2.27. The fourth-order valence-electron chi connectivity index (χ4n) is 2.81. The number of nitrogens with one attached hydrogen (secondary N) is 1. The first-order valence-corrected chi connectivity index (χ1v) is 8.08. The van der Waals surface area contributed by atoms with Crippen molar-refractivity contribution in [2.24, 2.45) is 5.41 Å². The van der Waals surface area contributed by atoms with Crippen LogP contribution in [0.15, 0.2) is 24.3 Å². The predicted octanol–water partition coefficient (Wildman–Crippen LogP) is 2.99. The predicted molar refractivity (Wildman–Crippen MR) is 89.0 cm³/mol. The minimum absolute atomic E-state index is 0.0968. The van der Waals surface area contributed by atoms with Crippen LogP contribution in [0.1, 0.15) is 45.2 Å². The van der Waals surface area contributed by atoms with Gasteiger partial charge in [-0.15, -0.1) is 0 Å². The van der Waals surface area contributed by atoms with Gasteiger partial charge in [-0.25, -0.2) is 0 Å². The lowest BCUT2D eigenvalue weighted by molar-refractivity contribution is -0.128. The highest BCUT2D eigenvalue weighted by Gasteiger charge is 2.27. The third-order valence-electron chi connectivity index (χ3n) is 4.20. The summed E-state index contributed by atoms with van der Waals surface area (Å²) >= 11 is 0. The Bertz CT molecular complexity index is 502. The van der Waals surface area contributed by atoms with Crippen LogP contribution in [0.5, 0.6) is 5.75 Å². The van der Waals surface area contributed by atoms with E-state index in [0.29, 0.717) is 6.54 Å². The van der Waals surface area contributed by atoms with E-state index in [0.717, 1.165) is 18.8 Å². The number of methoxy groups -OCH3 is 1. The van der Waals surface area contributed by atoms with Gasteiger partial charge in [0.2, 0.25) is 5.91 Å². The minimum atomic E-state index is -0.357. The molecule has 0 bridgehead atoms. The molecule has 1 aliphatic heterocycles. The van der Waals surface area contributed by atoms with E-state index < -0.39 is 0 Å². The van der Waals surface area contributed by atoms with Gasteiger partial charge < -0.3 is 10.1 Å². The summed E-state index contributed by atoms with van der Waals surface area (Å²) in [6.45, 7) is 8.65. The van der Waals surface area contributed by atoms with Gasteiger partial charge in [-0.05, 0) is 43.6 Å². The summed E-state index contributed by atoms with van der Waals surface area (Å²) < 4.78 is 5.34. The Balaban J connectivity index is 2.14. The lowest BCUT2D eigenvalue weighted by Gasteiger charge is -2.29. The van der Waals surface area contributed by atoms with E-state index >= 15 is 0 Å². The van der Waals surface area contributed by atoms with Crippen molar-refractivity contribution in [3.05, 3.63) is 29.8 Å². The largest absolute Gasteiger partial charge is 0.497 e. The molecule has 0 radical (unpaired) electrons. The maximum absolute atomic E-state index is 12.2. The van der Waals surface area contributed by atoms with Crippen LogP contribution < -0.4 is 10.1 Å². The van der Waals surface area contributed by atoms with Crippen LogP contribution in [0.2, 0.25) is 0 Å². The van der Waals surface area contributed by atoms with Gasteiger partial charge in [0.1, 0.15) is 5.75 Å². The van der Waals surface area contributed by atoms with Gasteiger partial charge in [0, 0.05) is 12.0 Å². The summed E-state index contributed by atoms with van der Waals surface area (Å²) in [5.41, 5.74) is 0.847. The van der Waals surface area contributed by atoms with Crippen molar-refractivity contribution in [1.29, 1.82) is 0 Å². The molecule has 0 saturated carbocycles. The van der Waals surface area contributed by atoms with Gasteiger partial charge in [-0.1, -0.05) is 32.9 Å². The number of carbonyl (C=O) groups excluding carboxylic acids is 1. The average Bonchev–Trinajstić information content (AvgIpc) is 3.00. The molecule has 1 aromatic carbocycles. The summed E-state index contributed by atoms with van der Waals surface area (Å²) in [6, 6.07) is 8.38. The number of nitrogens with zero attached hydrogens (tertiary/aromatic N) is 1. The van der Waals surface area contributed by atoms with Crippen LogP contribution in [0, 0.1) is 5.41 Å². The number of rotatable bonds is 5. The number of ether oxygens (including phenoxy) is 1. The van der Waals surface area contributed by atoms with E-state index in [1.165, 1.54) is 18.4 Å². The normalized spacial score (nSPS) is 17.3. The molecule has 1 saturated heterocycles. The van der Waals surface area contributed by atoms with Crippen molar-refractivity contribution in [3.63, 3.8) is 0 Å². The molecule has 1 amide bonds. The van der Waals surface area contributed by atoms with Crippen LogP contribution in [-0.2, 0) is 4.79 Å². The van der Waals surface area contributed by atoms with Gasteiger partial charge in [-0.2, -0.15) is 0 Å². The van der Waals surface area contributed by atoms with Crippen molar-refractivity contribution >= 4 is 5.91 Å². The highest BCUT2D eigenvalue weighted by molar-refractivity contribution is 5.81. The number of hydrogen-bond donors (Lipinski definition) is 1. The molecule has 2 rings (SSSR count). The van der Waals surface area contributed by atoms with Gasteiger partial charge >= 0.3 is 0 Å². The zero-order valence-electron chi connectivity index (χ0n) is 14.2. The second kappa shape index (κ2) is 7.14. The highest BCUT2D eigenvalue weighted by atomic mass is 16.5. The number of likely N-dealkylation sites (tertiary alicyclic amines) is 1. The summed E-state index contributed by atoms with van der Waals surface area (Å²) in [4.78, 5) is 14.6. The van der Waals surface area contributed by atoms with Crippen LogP contribution >= 0.6 is 0 Å². The number of carbonyl (C=O) groups is 1. The summed E-state index contributed by atoms with van der Waals surface area (Å²) in [5, 5.41) is 3.11. The monoisotopic (exact) mass is 304 g/mol. The molecule has 1 fully saturated rings. The fraction of sp³-hybridized carbons (Fsp3) is 0.611. The second-order valence-corrected chi connectivity index (χ2v) is 7.00. The first-order valence-electron chi connectivity index (χ1n) is 8.08. The molecule has 0 aromatic heterocycles. The summed E-state index contributed by atoms with van der Waals surface area (Å²) in [7, 11) is 1.69. The lowest BCUT2D eigenvalue weighted by Crippen LogP contribution is -2.41. The van der Waals surface area contributed by atoms with E-state index in [1.807, 2.05) is 32.9 Å². The zero-order chi connectivity index (χ0) is 16.2. The van der Waals surface area contributed by atoms with Crippen LogP contribution in [-0.4, -0.2) is 37.6 Å². The van der Waals surface area contributed by atoms with Crippen molar-refractivity contribution in [2.75, 3.05) is 26.7 Å². The van der Waals surface area contributed by atoms with E-state index in [9.17, 15) is 4.79 Å². The standard InChI is InChI=1S/C18H28N2O2/c1-18(2,3)17(21)19-13-16(20-10-5-6-11-20)14-8-7-9-15(12-14)22-4/h7-9,12,16H,5-6,10-11,13H2,1-4H3,(H,19,21). The fourth-order valence-corrected chi connectivity index (χ4v) is 2.81. The maximum atomic E-state index is 12.2. The first-order chi connectivity index (χ1) is 10.4. The minimum Gasteiger partial charge on any atom is -0.497 e. The van der Waals surface area contributed by atoms with Gasteiger partial charge in [0.25, 0.3) is 0 Å². The Morgan fingerprint density at radius 3 is 2.59 bits per heavy atom. The molecule has 4 nitrogen and oxygen atoms in total. The molecule has 1 atom stereocenters. The molecular formula is C18H28N2O2. The molecule has 1 aliphatic rings. The Hall–Kier alpha value is -1.55. The molecule has 0 spiro atoms. The van der Waals surface area contributed by atoms with Crippen LogP contribution in [0.25, 0.3) is 0 Å². The van der Waals surface area contributed by atoms with Crippen molar-refractivity contribution in [3.8, 4) is 5.75 Å². The molecule has 1 unspecified atom stereocenters. The number of hydrogen-bond acceptors (Lipinski definition) is 3. The van der Waals surface area contributed by atoms with Gasteiger partial charge in [0.05, 0.1) is 13.2 Å². The van der Waals surface area contributed by atoms with Crippen molar-refractivity contribution < 1.29 is 9.53 Å². The third-order valence-corrected chi connectivity index (χ3v) is 4.20. The summed E-state index contributed by atoms with van der Waals surface area (Å²) in [6.07, 6.45) is 2.46. The Morgan fingerprint density at radius 1 is 1.32 bits per heavy atom. The molecule has 1 heterocycles. The van der Waals surface area contributed by atoms with Crippen molar-refractivity contribution in [1.82, 2.24) is 10.2 Å². The molecule has 4 heteroatoms. The topological polar surface area (TPSA) is 41.6 Å². The SMILES string of the molecule is COc1cccc(C(CNC(=O)C(C)(C)C)N2CCCC2)c1. The van der Waals surface area contributed by atoms with Gasteiger partial charge in [0.15, 0.2) is 0 Å². The van der Waals surface area contributed by atoms with Crippen LogP contribution in [0.3, 0.4) is 0 Å². The molecule has 0 aliphatic carbocycles. The Kier molecular flexibility index (Phi) is 5.46. The van der Waals surface area contributed by atoms with E-state index in [-0.39, 0.29) is 17.4 Å². The molecule has 1 aromatic rings. The van der Waals surface area contributed by atoms with Gasteiger partial charge in [-0.3, -0.25) is 9.69 Å². The van der Waals surface area contributed by atoms with E-state index in [1.54, 1.807) is 7.11 Å². The maximum Gasteiger partial charge on any atom is 0.225 e. The Labute approximate surface area is 133 Å². The van der Waals surface area contributed by atoms with Crippen LogP contribution in [0.4, 0.5) is 0 Å². The van der Waals surface area contributed by atoms with Crippen molar-refractivity contribution in [2.45, 2.75) is 39.7 Å². The average molecular weight is 304 g/mol. The smallest absolute Gasteiger partial charge is 0.225 e. The zero-order valence-corrected chi connectivity index (χ0v) is 14.2. The first kappa shape index (κ1) is 16.8. The lowest BCUT2D eigenvalue weighted by atomic mass is 9.95. The van der Waals surface area contributed by atoms with E-state index in [2.05, 4.69) is 22.3 Å².